The Morgan fingerprint density at radius 1 is 1.00 bits per heavy atom. The third-order valence-electron chi connectivity index (χ3n) is 4.83. The van der Waals surface area contributed by atoms with Gasteiger partial charge in [-0.1, -0.05) is 0 Å². The predicted octanol–water partition coefficient (Wildman–Crippen LogP) is 2.94. The van der Waals surface area contributed by atoms with Crippen LogP contribution in [0.15, 0.2) is 0 Å². The van der Waals surface area contributed by atoms with Gasteiger partial charge in [-0.3, -0.25) is 0 Å². The summed E-state index contributed by atoms with van der Waals surface area (Å²) in [6.45, 7) is 2.42. The maximum atomic E-state index is 2.42. The second kappa shape index (κ2) is 2.88. The molecule has 0 aromatic rings. The molecule has 0 unspecified atom stereocenters. The Morgan fingerprint density at radius 3 is 1.69 bits per heavy atom. The van der Waals surface area contributed by atoms with Gasteiger partial charge in [0.15, 0.2) is 0 Å². The number of hydrogen-bond donors (Lipinski definition) is 0. The summed E-state index contributed by atoms with van der Waals surface area (Å²) >= 11 is 1.71. The van der Waals surface area contributed by atoms with Gasteiger partial charge in [-0.2, -0.15) is 0 Å². The first-order valence-electron chi connectivity index (χ1n) is 5.73. The van der Waals surface area contributed by atoms with E-state index in [9.17, 15) is 0 Å². The molecule has 4 aliphatic rings. The van der Waals surface area contributed by atoms with Crippen molar-refractivity contribution in [3.63, 3.8) is 0 Å². The molecule has 0 N–H and O–H groups in total. The Hall–Kier alpha value is 0.753. The van der Waals surface area contributed by atoms with Gasteiger partial charge in [0.05, 0.1) is 0 Å². The van der Waals surface area contributed by atoms with Crippen LogP contribution in [-0.4, -0.2) is 3.21 Å². The Bertz CT molecular complexity index is 219. The van der Waals surface area contributed by atoms with Crippen molar-refractivity contribution in [2.45, 2.75) is 45.4 Å². The predicted molar refractivity (Wildman–Crippen MR) is 51.3 cm³/mol. The molecular weight excluding hydrogens is 235 g/mol. The molecule has 0 aromatic carbocycles. The fourth-order valence-corrected chi connectivity index (χ4v) is 5.32. The van der Waals surface area contributed by atoms with Gasteiger partial charge in [-0.15, -0.1) is 0 Å². The molecule has 0 nitrogen and oxygen atoms in total. The van der Waals surface area contributed by atoms with E-state index in [4.69, 9.17) is 0 Å². The van der Waals surface area contributed by atoms with Crippen molar-refractivity contribution in [2.24, 2.45) is 23.2 Å². The van der Waals surface area contributed by atoms with E-state index in [1.54, 1.807) is 62.8 Å². The molecule has 0 radical (unpaired) electrons. The quantitative estimate of drug-likeness (QED) is 0.674. The van der Waals surface area contributed by atoms with Crippen molar-refractivity contribution in [1.82, 2.24) is 0 Å². The van der Waals surface area contributed by atoms with Gasteiger partial charge in [-0.05, 0) is 0 Å². The van der Waals surface area contributed by atoms with Crippen LogP contribution in [0.25, 0.3) is 0 Å². The normalized spacial score (nSPS) is 52.7. The average Bonchev–Trinajstić information content (AvgIpc) is 2.00. The minimum atomic E-state index is 0.757. The summed E-state index contributed by atoms with van der Waals surface area (Å²) in [6, 6.07) is 0. The van der Waals surface area contributed by atoms with Gasteiger partial charge in [0.1, 0.15) is 0 Å². The average molecular weight is 253 g/mol. The molecule has 0 spiro atoms. The summed E-state index contributed by atoms with van der Waals surface area (Å²) in [5.41, 5.74) is 0.757. The van der Waals surface area contributed by atoms with E-state index in [-0.39, 0.29) is 0 Å². The molecule has 4 aliphatic carbocycles. The van der Waals surface area contributed by atoms with Gasteiger partial charge in [0.2, 0.25) is 0 Å². The van der Waals surface area contributed by atoms with Gasteiger partial charge in [0.25, 0.3) is 0 Å². The Labute approximate surface area is 95.8 Å². The molecule has 0 saturated heterocycles. The molecule has 0 aliphatic heterocycles. The SMILES string of the molecule is C[C](=[Zr+2])C12CC3CC(CC(C3)C1)C2. The second-order valence-electron chi connectivity index (χ2n) is 5.82. The van der Waals surface area contributed by atoms with E-state index < -0.39 is 0 Å². The molecular formula is C12H18Zr+2. The zero-order valence-corrected chi connectivity index (χ0v) is 10.9. The summed E-state index contributed by atoms with van der Waals surface area (Å²) in [6.07, 6.45) is 9.45. The fourth-order valence-electron chi connectivity index (χ4n) is 4.57. The zero-order chi connectivity index (χ0) is 9.05. The molecule has 68 valence electrons. The summed E-state index contributed by atoms with van der Waals surface area (Å²) in [5.74, 6) is 3.38. The maximum absolute atomic E-state index is 2.42. The van der Waals surface area contributed by atoms with Crippen molar-refractivity contribution < 1.29 is 24.2 Å². The second-order valence-corrected chi connectivity index (χ2v) is 7.67. The van der Waals surface area contributed by atoms with Crippen LogP contribution in [0.2, 0.25) is 0 Å². The molecule has 4 saturated carbocycles. The van der Waals surface area contributed by atoms with Crippen LogP contribution in [0.1, 0.15) is 45.4 Å². The third kappa shape index (κ3) is 1.29. The van der Waals surface area contributed by atoms with Crippen LogP contribution < -0.4 is 0 Å². The van der Waals surface area contributed by atoms with E-state index in [1.165, 1.54) is 0 Å². The Balaban J connectivity index is 1.95. The first-order valence-corrected chi connectivity index (χ1v) is 6.96. The molecule has 13 heavy (non-hydrogen) atoms. The van der Waals surface area contributed by atoms with Gasteiger partial charge in [-0.25, -0.2) is 0 Å². The third-order valence-corrected chi connectivity index (χ3v) is 6.14. The molecule has 4 bridgehead atoms. The number of rotatable bonds is 1. The van der Waals surface area contributed by atoms with Crippen molar-refractivity contribution >= 4 is 3.21 Å². The van der Waals surface area contributed by atoms with Crippen LogP contribution in [0.5, 0.6) is 0 Å². The number of hydrogen-bond acceptors (Lipinski definition) is 0. The van der Waals surface area contributed by atoms with Gasteiger partial charge in [0, 0.05) is 0 Å². The molecule has 1 heteroatoms. The van der Waals surface area contributed by atoms with Crippen molar-refractivity contribution in [3.8, 4) is 0 Å². The first-order chi connectivity index (χ1) is 6.18. The van der Waals surface area contributed by atoms with Crippen LogP contribution >= 0.6 is 0 Å². The van der Waals surface area contributed by atoms with Crippen molar-refractivity contribution in [1.29, 1.82) is 0 Å². The van der Waals surface area contributed by atoms with Crippen molar-refractivity contribution in [2.75, 3.05) is 0 Å². The molecule has 4 fully saturated rings. The minimum absolute atomic E-state index is 0.757. The standard InChI is InChI=1S/C12H18.Zr/c1-2-12-6-9-3-10(7-12)5-11(4-9)8-12;/h9-11H,3-8H2,1H3;/q;+2. The molecule has 0 heterocycles. The monoisotopic (exact) mass is 252 g/mol. The Morgan fingerprint density at radius 2 is 1.38 bits per heavy atom. The van der Waals surface area contributed by atoms with E-state index in [2.05, 4.69) is 6.92 Å². The van der Waals surface area contributed by atoms with Crippen LogP contribution in [0, 0.1) is 23.2 Å². The van der Waals surface area contributed by atoms with Gasteiger partial charge >= 0.3 is 96.1 Å². The van der Waals surface area contributed by atoms with Crippen LogP contribution in [-0.2, 0) is 24.2 Å². The van der Waals surface area contributed by atoms with Gasteiger partial charge < -0.3 is 0 Å². The molecule has 0 aromatic heterocycles. The molecule has 0 atom stereocenters. The van der Waals surface area contributed by atoms with Crippen LogP contribution in [0.4, 0.5) is 0 Å². The van der Waals surface area contributed by atoms with E-state index >= 15 is 0 Å². The summed E-state index contributed by atoms with van der Waals surface area (Å²) in [5, 5.41) is 0. The van der Waals surface area contributed by atoms with Crippen molar-refractivity contribution in [3.05, 3.63) is 0 Å². The topological polar surface area (TPSA) is 0 Å². The van der Waals surface area contributed by atoms with E-state index in [0.717, 1.165) is 23.2 Å². The summed E-state index contributed by atoms with van der Waals surface area (Å²) < 4.78 is 1.83. The summed E-state index contributed by atoms with van der Waals surface area (Å²) in [4.78, 5) is 0. The summed E-state index contributed by atoms with van der Waals surface area (Å²) in [7, 11) is 0. The van der Waals surface area contributed by atoms with E-state index in [1.807, 2.05) is 3.21 Å². The van der Waals surface area contributed by atoms with E-state index in [0.29, 0.717) is 0 Å². The molecule has 0 amide bonds. The Kier molecular flexibility index (Phi) is 1.99. The molecule has 4 rings (SSSR count). The zero-order valence-electron chi connectivity index (χ0n) is 8.47. The first kappa shape index (κ1) is 9.01. The fraction of sp³-hybridized carbons (Fsp3) is 0.917. The van der Waals surface area contributed by atoms with Crippen LogP contribution in [0.3, 0.4) is 0 Å².